The first kappa shape index (κ1) is 29.1. The maximum atomic E-state index is 14.8. The van der Waals surface area contributed by atoms with Gasteiger partial charge >= 0.3 is 0 Å². The van der Waals surface area contributed by atoms with Gasteiger partial charge in [0.05, 0.1) is 25.3 Å². The molecule has 0 bridgehead atoms. The lowest BCUT2D eigenvalue weighted by Gasteiger charge is -2.54. The van der Waals surface area contributed by atoms with Crippen molar-refractivity contribution in [2.45, 2.75) is 35.7 Å². The van der Waals surface area contributed by atoms with Crippen LogP contribution in [0.2, 0.25) is 0 Å². The van der Waals surface area contributed by atoms with E-state index in [1.165, 1.54) is 30.3 Å². The molecule has 4 radical (unpaired) electrons. The predicted molar refractivity (Wildman–Crippen MR) is 138 cm³/mol. The minimum atomic E-state index is -3.58. The Morgan fingerprint density at radius 3 is 2.41 bits per heavy atom. The van der Waals surface area contributed by atoms with Gasteiger partial charge in [0.2, 0.25) is 5.72 Å². The van der Waals surface area contributed by atoms with Crippen molar-refractivity contribution in [3.63, 3.8) is 0 Å². The van der Waals surface area contributed by atoms with E-state index >= 15 is 0 Å². The molecule has 3 amide bonds. The summed E-state index contributed by atoms with van der Waals surface area (Å²) < 4.78 is 20.2. The topological polar surface area (TPSA) is 192 Å². The molecule has 7 N–H and O–H groups in total. The van der Waals surface area contributed by atoms with Crippen molar-refractivity contribution in [2.75, 3.05) is 31.6 Å². The van der Waals surface area contributed by atoms with E-state index in [0.29, 0.717) is 43.3 Å². The number of morpholine rings is 1. The molecule has 3 atom stereocenters. The van der Waals surface area contributed by atoms with Gasteiger partial charge in [-0.1, -0.05) is 12.1 Å². The largest absolute Gasteiger partial charge is 0.392 e. The highest BCUT2D eigenvalue weighted by molar-refractivity contribution is 6.39. The molecular formula is C25H25B2FN4O9. The standard InChI is InChI=1S/C25H25B2FN4O9/c26-22(36)20(34)29-21(35)23(37,25(22,27)40)32-12-15-14(19(32)33)2-1-3-18(15)30-24(38,39)16-10-13(4-5-17(16)28)11-31-6-8-41-9-7-31/h1-5,10,30,36-40H,6-9,11-12H2,(H,29,34,35). The number of anilines is 1. The number of halogens is 1. The van der Waals surface area contributed by atoms with E-state index in [1.807, 2.05) is 0 Å². The molecule has 5 rings (SSSR count). The number of carbonyl (C=O) groups is 3. The van der Waals surface area contributed by atoms with Gasteiger partial charge in [-0.3, -0.25) is 29.5 Å². The first-order valence-electron chi connectivity index (χ1n) is 12.5. The molecule has 212 valence electrons. The third-order valence-electron chi connectivity index (χ3n) is 7.59. The highest BCUT2D eigenvalue weighted by atomic mass is 19.1. The molecule has 3 aliphatic rings. The average molecular weight is 566 g/mol. The molecule has 0 aromatic heterocycles. The van der Waals surface area contributed by atoms with Gasteiger partial charge < -0.3 is 35.6 Å². The minimum Gasteiger partial charge on any atom is -0.392 e. The molecule has 0 aliphatic carbocycles. The van der Waals surface area contributed by atoms with Crippen LogP contribution in [0.25, 0.3) is 0 Å². The van der Waals surface area contributed by atoms with Crippen LogP contribution >= 0.6 is 0 Å². The van der Waals surface area contributed by atoms with Crippen LogP contribution in [0.1, 0.15) is 27.0 Å². The number of aliphatic hydroxyl groups is 5. The van der Waals surface area contributed by atoms with Crippen molar-refractivity contribution in [2.24, 2.45) is 0 Å². The maximum Gasteiger partial charge on any atom is 0.282 e. The summed E-state index contributed by atoms with van der Waals surface area (Å²) in [5, 5.41) is 58.1. The Bertz CT molecular complexity index is 1430. The van der Waals surface area contributed by atoms with Crippen molar-refractivity contribution < 1.29 is 49.0 Å². The minimum absolute atomic E-state index is 0.0238. The maximum absolute atomic E-state index is 14.8. The number of ether oxygens (including phenoxy) is 1. The summed E-state index contributed by atoms with van der Waals surface area (Å²) in [4.78, 5) is 40.4. The van der Waals surface area contributed by atoms with Gasteiger partial charge in [0.15, 0.2) is 0 Å². The van der Waals surface area contributed by atoms with Gasteiger partial charge in [-0.2, -0.15) is 0 Å². The zero-order valence-corrected chi connectivity index (χ0v) is 21.5. The van der Waals surface area contributed by atoms with Crippen LogP contribution in [0.5, 0.6) is 0 Å². The SMILES string of the molecule is [B]C1(O)C(=O)NC(=O)C(O)(N2Cc3c(NC(O)(O)c4cc(CN5CCOCC5)ccc4F)cccc3C2=O)C1([B])O. The number of nitrogens with zero attached hydrogens (tertiary/aromatic N) is 2. The molecule has 3 unspecified atom stereocenters. The first-order valence-corrected chi connectivity index (χ1v) is 12.5. The summed E-state index contributed by atoms with van der Waals surface area (Å²) in [5.41, 5.74) is -10.7. The van der Waals surface area contributed by atoms with Crippen LogP contribution in [0, 0.1) is 5.82 Å². The van der Waals surface area contributed by atoms with E-state index in [2.05, 4.69) is 10.2 Å². The van der Waals surface area contributed by atoms with Crippen LogP contribution < -0.4 is 10.6 Å². The lowest BCUT2D eigenvalue weighted by atomic mass is 9.51. The van der Waals surface area contributed by atoms with Crippen LogP contribution in [0.15, 0.2) is 36.4 Å². The predicted octanol–water partition coefficient (Wildman–Crippen LogP) is -3.12. The lowest BCUT2D eigenvalue weighted by Crippen LogP contribution is -2.86. The van der Waals surface area contributed by atoms with Crippen LogP contribution in [-0.4, -0.2) is 112 Å². The number of hydrogen-bond acceptors (Lipinski definition) is 11. The van der Waals surface area contributed by atoms with E-state index in [0.717, 1.165) is 6.07 Å². The number of carbonyl (C=O) groups excluding carboxylic acids is 3. The van der Waals surface area contributed by atoms with Crippen LogP contribution in [0.3, 0.4) is 0 Å². The molecule has 3 aliphatic heterocycles. The lowest BCUT2D eigenvalue weighted by molar-refractivity contribution is -0.232. The second-order valence-corrected chi connectivity index (χ2v) is 10.2. The Balaban J connectivity index is 1.45. The molecule has 16 heteroatoms. The fourth-order valence-electron chi connectivity index (χ4n) is 5.15. The molecule has 2 saturated heterocycles. The number of hydrogen-bond donors (Lipinski definition) is 7. The van der Waals surface area contributed by atoms with Crippen molar-refractivity contribution >= 4 is 39.1 Å². The summed E-state index contributed by atoms with van der Waals surface area (Å²) in [5.74, 6) is -8.29. The van der Waals surface area contributed by atoms with Gasteiger partial charge in [-0.05, 0) is 29.8 Å². The number of piperidine rings is 1. The quantitative estimate of drug-likeness (QED) is 0.106. The second-order valence-electron chi connectivity index (χ2n) is 10.2. The molecule has 0 saturated carbocycles. The van der Waals surface area contributed by atoms with Crippen molar-refractivity contribution in [1.82, 2.24) is 15.1 Å². The van der Waals surface area contributed by atoms with E-state index in [1.54, 1.807) is 5.32 Å². The number of amides is 3. The van der Waals surface area contributed by atoms with Gasteiger partial charge in [0.1, 0.15) is 32.5 Å². The van der Waals surface area contributed by atoms with E-state index < -0.39 is 58.3 Å². The second kappa shape index (κ2) is 9.87. The van der Waals surface area contributed by atoms with Gasteiger partial charge in [-0.15, -0.1) is 0 Å². The molecule has 0 spiro atoms. The third kappa shape index (κ3) is 4.52. The zero-order chi connectivity index (χ0) is 30.0. The van der Waals surface area contributed by atoms with Gasteiger partial charge in [0, 0.05) is 36.4 Å². The Labute approximate surface area is 235 Å². The number of imide groups is 1. The van der Waals surface area contributed by atoms with E-state index in [-0.39, 0.29) is 16.8 Å². The van der Waals surface area contributed by atoms with Crippen molar-refractivity contribution in [3.8, 4) is 0 Å². The van der Waals surface area contributed by atoms with Gasteiger partial charge in [-0.25, -0.2) is 4.39 Å². The van der Waals surface area contributed by atoms with Gasteiger partial charge in [0.25, 0.3) is 23.6 Å². The Morgan fingerprint density at radius 2 is 1.73 bits per heavy atom. The molecular weight excluding hydrogens is 541 g/mol. The Hall–Kier alpha value is -3.37. The summed E-state index contributed by atoms with van der Waals surface area (Å²) in [6.07, 6.45) is 0. The summed E-state index contributed by atoms with van der Waals surface area (Å²) in [7, 11) is 11.0. The smallest absolute Gasteiger partial charge is 0.282 e. The normalized spacial score (nSPS) is 28.9. The van der Waals surface area contributed by atoms with Crippen LogP contribution in [-0.2, 0) is 33.3 Å². The molecule has 2 aromatic rings. The third-order valence-corrected chi connectivity index (χ3v) is 7.59. The fourth-order valence-corrected chi connectivity index (χ4v) is 5.15. The zero-order valence-electron chi connectivity index (χ0n) is 21.5. The fraction of sp³-hybridized carbons (Fsp3) is 0.400. The molecule has 2 aromatic carbocycles. The number of fused-ring (bicyclic) bond motifs is 1. The average Bonchev–Trinajstić information content (AvgIpc) is 3.26. The molecule has 13 nitrogen and oxygen atoms in total. The highest BCUT2D eigenvalue weighted by Crippen LogP contribution is 2.42. The number of nitrogens with one attached hydrogen (secondary N) is 2. The Kier molecular flexibility index (Phi) is 7.02. The van der Waals surface area contributed by atoms with Crippen molar-refractivity contribution in [1.29, 1.82) is 0 Å². The number of benzene rings is 2. The molecule has 2 fully saturated rings. The monoisotopic (exact) mass is 566 g/mol. The summed E-state index contributed by atoms with van der Waals surface area (Å²) in [6.45, 7) is 2.07. The molecule has 41 heavy (non-hydrogen) atoms. The summed E-state index contributed by atoms with van der Waals surface area (Å²) >= 11 is 0. The van der Waals surface area contributed by atoms with Crippen LogP contribution in [0.4, 0.5) is 10.1 Å². The van der Waals surface area contributed by atoms with Crippen molar-refractivity contribution in [3.05, 3.63) is 64.5 Å². The van der Waals surface area contributed by atoms with E-state index in [9.17, 15) is 44.3 Å². The summed E-state index contributed by atoms with van der Waals surface area (Å²) in [6, 6.07) is 7.78. The van der Waals surface area contributed by atoms with E-state index in [4.69, 9.17) is 20.4 Å². The Morgan fingerprint density at radius 1 is 1.05 bits per heavy atom. The first-order chi connectivity index (χ1) is 19.1. The highest BCUT2D eigenvalue weighted by Gasteiger charge is 2.70. The molecule has 3 heterocycles. The number of rotatable bonds is 6.